The first kappa shape index (κ1) is 16.8. The van der Waals surface area contributed by atoms with E-state index in [2.05, 4.69) is 22.5 Å². The number of ether oxygens (including phenoxy) is 1. The zero-order valence-corrected chi connectivity index (χ0v) is 14.4. The number of morpholine rings is 1. The monoisotopic (exact) mass is 329 g/mol. The van der Waals surface area contributed by atoms with Crippen molar-refractivity contribution < 1.29 is 9.53 Å². The minimum Gasteiger partial charge on any atom is -0.378 e. The maximum Gasteiger partial charge on any atom is 0.323 e. The molecule has 2 fully saturated rings. The highest BCUT2D eigenvalue weighted by Crippen LogP contribution is 2.30. The Morgan fingerprint density at radius 3 is 2.67 bits per heavy atom. The zero-order chi connectivity index (χ0) is 16.8. The van der Waals surface area contributed by atoms with Crippen LogP contribution in [0.3, 0.4) is 0 Å². The van der Waals surface area contributed by atoms with Crippen molar-refractivity contribution >= 4 is 17.4 Å². The Hall–Kier alpha value is -2.01. The molecule has 1 aliphatic heterocycles. The van der Waals surface area contributed by atoms with E-state index >= 15 is 0 Å². The molecule has 1 saturated carbocycles. The van der Waals surface area contributed by atoms with Gasteiger partial charge in [-0.05, 0) is 37.8 Å². The van der Waals surface area contributed by atoms with Crippen LogP contribution in [-0.4, -0.2) is 32.3 Å². The van der Waals surface area contributed by atoms with E-state index in [-0.39, 0.29) is 6.03 Å². The van der Waals surface area contributed by atoms with Gasteiger partial charge in [-0.15, -0.1) is 0 Å². The lowest BCUT2D eigenvalue weighted by atomic mass is 10.0. The normalized spacial score (nSPS) is 19.4. The SMILES string of the molecule is C/C(=C\NC(=O)Nc1ccccc1N1CCOCC1)C1CCCC1. The fraction of sp³-hybridized carbons (Fsp3) is 0.526. The van der Waals surface area contributed by atoms with E-state index in [4.69, 9.17) is 4.74 Å². The van der Waals surface area contributed by atoms with Crippen LogP contribution in [0.1, 0.15) is 32.6 Å². The molecule has 2 N–H and O–H groups in total. The molecule has 1 saturated heterocycles. The largest absolute Gasteiger partial charge is 0.378 e. The predicted octanol–water partition coefficient (Wildman–Crippen LogP) is 3.74. The summed E-state index contributed by atoms with van der Waals surface area (Å²) in [5.41, 5.74) is 3.15. The topological polar surface area (TPSA) is 53.6 Å². The molecule has 130 valence electrons. The molecule has 0 aromatic heterocycles. The summed E-state index contributed by atoms with van der Waals surface area (Å²) >= 11 is 0. The van der Waals surface area contributed by atoms with Crippen molar-refractivity contribution in [2.75, 3.05) is 36.5 Å². The number of allylic oxidation sites excluding steroid dienone is 1. The van der Waals surface area contributed by atoms with Crippen molar-refractivity contribution in [1.29, 1.82) is 0 Å². The Morgan fingerprint density at radius 1 is 1.21 bits per heavy atom. The molecule has 0 radical (unpaired) electrons. The van der Waals surface area contributed by atoms with Gasteiger partial charge >= 0.3 is 6.03 Å². The standard InChI is InChI=1S/C19H27N3O2/c1-15(16-6-2-3-7-16)14-20-19(23)21-17-8-4-5-9-18(17)22-10-12-24-13-11-22/h4-5,8-9,14,16H,2-3,6-7,10-13H2,1H3,(H2,20,21,23)/b15-14+. The molecule has 0 spiro atoms. The quantitative estimate of drug-likeness (QED) is 0.885. The number of amides is 2. The number of nitrogens with zero attached hydrogens (tertiary/aromatic N) is 1. The van der Waals surface area contributed by atoms with Gasteiger partial charge in [0, 0.05) is 19.3 Å². The maximum atomic E-state index is 12.3. The summed E-state index contributed by atoms with van der Waals surface area (Å²) in [6, 6.07) is 7.74. The molecule has 0 atom stereocenters. The molecule has 1 aromatic carbocycles. The zero-order valence-electron chi connectivity index (χ0n) is 14.4. The second kappa shape index (κ2) is 8.20. The van der Waals surface area contributed by atoms with E-state index < -0.39 is 0 Å². The summed E-state index contributed by atoms with van der Waals surface area (Å²) in [6.07, 6.45) is 6.95. The van der Waals surface area contributed by atoms with Gasteiger partial charge in [0.1, 0.15) is 0 Å². The maximum absolute atomic E-state index is 12.3. The number of anilines is 2. The van der Waals surface area contributed by atoms with Crippen LogP contribution in [0.15, 0.2) is 36.0 Å². The van der Waals surface area contributed by atoms with Gasteiger partial charge in [0.2, 0.25) is 0 Å². The molecule has 5 heteroatoms. The van der Waals surface area contributed by atoms with Gasteiger partial charge in [-0.25, -0.2) is 4.79 Å². The molecule has 5 nitrogen and oxygen atoms in total. The van der Waals surface area contributed by atoms with Gasteiger partial charge < -0.3 is 20.3 Å². The second-order valence-corrected chi connectivity index (χ2v) is 6.58. The number of para-hydroxylation sites is 2. The van der Waals surface area contributed by atoms with Gasteiger partial charge in [-0.1, -0.05) is 30.5 Å². The van der Waals surface area contributed by atoms with Crippen molar-refractivity contribution in [2.24, 2.45) is 5.92 Å². The molecule has 0 unspecified atom stereocenters. The molecule has 1 aromatic rings. The lowest BCUT2D eigenvalue weighted by Gasteiger charge is -2.30. The van der Waals surface area contributed by atoms with Crippen LogP contribution < -0.4 is 15.5 Å². The van der Waals surface area contributed by atoms with Crippen molar-refractivity contribution in [1.82, 2.24) is 5.32 Å². The fourth-order valence-corrected chi connectivity index (χ4v) is 3.50. The van der Waals surface area contributed by atoms with Crippen molar-refractivity contribution in [2.45, 2.75) is 32.6 Å². The highest BCUT2D eigenvalue weighted by molar-refractivity contribution is 5.93. The number of carbonyl (C=O) groups is 1. The Bertz CT molecular complexity index is 588. The number of urea groups is 1. The van der Waals surface area contributed by atoms with E-state index in [1.807, 2.05) is 30.5 Å². The highest BCUT2D eigenvalue weighted by Gasteiger charge is 2.17. The van der Waals surface area contributed by atoms with E-state index in [9.17, 15) is 4.79 Å². The molecule has 0 bridgehead atoms. The molecular weight excluding hydrogens is 302 g/mol. The van der Waals surface area contributed by atoms with Crippen LogP contribution in [0.4, 0.5) is 16.2 Å². The predicted molar refractivity (Wildman–Crippen MR) is 97.3 cm³/mol. The summed E-state index contributed by atoms with van der Waals surface area (Å²) in [5, 5.41) is 5.86. The summed E-state index contributed by atoms with van der Waals surface area (Å²) in [7, 11) is 0. The average molecular weight is 329 g/mol. The minimum absolute atomic E-state index is 0.187. The Morgan fingerprint density at radius 2 is 1.92 bits per heavy atom. The Balaban J connectivity index is 1.60. The van der Waals surface area contributed by atoms with Crippen LogP contribution in [0.25, 0.3) is 0 Å². The van der Waals surface area contributed by atoms with E-state index in [0.717, 1.165) is 37.7 Å². The van der Waals surface area contributed by atoms with Crippen molar-refractivity contribution in [3.8, 4) is 0 Å². The third-order valence-electron chi connectivity index (χ3n) is 4.93. The van der Waals surface area contributed by atoms with Crippen LogP contribution in [-0.2, 0) is 4.74 Å². The lowest BCUT2D eigenvalue weighted by molar-refractivity contribution is 0.123. The van der Waals surface area contributed by atoms with Gasteiger partial charge in [-0.3, -0.25) is 0 Å². The second-order valence-electron chi connectivity index (χ2n) is 6.58. The number of nitrogens with one attached hydrogen (secondary N) is 2. The first-order valence-electron chi connectivity index (χ1n) is 8.90. The lowest BCUT2D eigenvalue weighted by Crippen LogP contribution is -2.37. The average Bonchev–Trinajstić information content (AvgIpc) is 3.16. The molecule has 24 heavy (non-hydrogen) atoms. The third kappa shape index (κ3) is 4.29. The van der Waals surface area contributed by atoms with Gasteiger partial charge in [-0.2, -0.15) is 0 Å². The number of hydrogen-bond donors (Lipinski definition) is 2. The number of rotatable bonds is 4. The summed E-state index contributed by atoms with van der Waals surface area (Å²) < 4.78 is 5.41. The fourth-order valence-electron chi connectivity index (χ4n) is 3.50. The smallest absolute Gasteiger partial charge is 0.323 e. The number of carbonyl (C=O) groups excluding carboxylic acids is 1. The minimum atomic E-state index is -0.187. The first-order valence-corrected chi connectivity index (χ1v) is 8.90. The van der Waals surface area contributed by atoms with Crippen molar-refractivity contribution in [3.63, 3.8) is 0 Å². The van der Waals surface area contributed by atoms with E-state index in [0.29, 0.717) is 5.92 Å². The van der Waals surface area contributed by atoms with Crippen LogP contribution in [0.5, 0.6) is 0 Å². The van der Waals surface area contributed by atoms with Gasteiger partial charge in [0.05, 0.1) is 24.6 Å². The van der Waals surface area contributed by atoms with E-state index in [1.54, 1.807) is 0 Å². The van der Waals surface area contributed by atoms with Gasteiger partial charge in [0.15, 0.2) is 0 Å². The summed E-state index contributed by atoms with van der Waals surface area (Å²) in [6.45, 7) is 5.26. The number of hydrogen-bond acceptors (Lipinski definition) is 3. The Kier molecular flexibility index (Phi) is 5.75. The van der Waals surface area contributed by atoms with Crippen LogP contribution in [0, 0.1) is 5.92 Å². The van der Waals surface area contributed by atoms with Crippen molar-refractivity contribution in [3.05, 3.63) is 36.0 Å². The van der Waals surface area contributed by atoms with Crippen LogP contribution in [0.2, 0.25) is 0 Å². The van der Waals surface area contributed by atoms with E-state index in [1.165, 1.54) is 31.3 Å². The molecule has 3 rings (SSSR count). The molecular formula is C19H27N3O2. The first-order chi connectivity index (χ1) is 11.7. The number of benzene rings is 1. The molecule has 2 amide bonds. The molecule has 1 heterocycles. The summed E-state index contributed by atoms with van der Waals surface area (Å²) in [4.78, 5) is 14.5. The molecule has 2 aliphatic rings. The summed E-state index contributed by atoms with van der Waals surface area (Å²) in [5.74, 6) is 0.630. The van der Waals surface area contributed by atoms with Gasteiger partial charge in [0.25, 0.3) is 0 Å². The molecule has 1 aliphatic carbocycles. The third-order valence-corrected chi connectivity index (χ3v) is 4.93. The Labute approximate surface area is 144 Å². The van der Waals surface area contributed by atoms with Crippen LogP contribution >= 0.6 is 0 Å². The highest BCUT2D eigenvalue weighted by atomic mass is 16.5.